The van der Waals surface area contributed by atoms with Gasteiger partial charge in [0.15, 0.2) is 0 Å². The standard InChI is InChI=1S/C15H18N2O/c1-10-11(7-8-15(10)18)9-13-12-5-3-4-6-14(12)17(2)16-13/h3-6,10-11H,7-9H2,1-2H3. The lowest BCUT2D eigenvalue weighted by Gasteiger charge is -2.12. The molecule has 94 valence electrons. The predicted octanol–water partition coefficient (Wildman–Crippen LogP) is 2.73. The largest absolute Gasteiger partial charge is 0.299 e. The zero-order chi connectivity index (χ0) is 12.7. The van der Waals surface area contributed by atoms with Crippen LogP contribution in [0.15, 0.2) is 24.3 Å². The van der Waals surface area contributed by atoms with Crippen LogP contribution in [0.1, 0.15) is 25.5 Å². The average molecular weight is 242 g/mol. The van der Waals surface area contributed by atoms with Crippen LogP contribution in [0.2, 0.25) is 0 Å². The van der Waals surface area contributed by atoms with Crippen LogP contribution in [-0.2, 0) is 18.3 Å². The zero-order valence-corrected chi connectivity index (χ0v) is 10.9. The lowest BCUT2D eigenvalue weighted by atomic mass is 9.92. The number of benzene rings is 1. The van der Waals surface area contributed by atoms with Crippen LogP contribution >= 0.6 is 0 Å². The molecule has 1 aromatic carbocycles. The quantitative estimate of drug-likeness (QED) is 0.811. The second-order valence-corrected chi connectivity index (χ2v) is 5.35. The Balaban J connectivity index is 1.94. The fraction of sp³-hybridized carbons (Fsp3) is 0.467. The van der Waals surface area contributed by atoms with Crippen molar-refractivity contribution in [3.05, 3.63) is 30.0 Å². The monoisotopic (exact) mass is 242 g/mol. The number of nitrogens with zero attached hydrogens (tertiary/aromatic N) is 2. The molecule has 1 aliphatic rings. The van der Waals surface area contributed by atoms with E-state index < -0.39 is 0 Å². The molecule has 0 spiro atoms. The first kappa shape index (κ1) is 11.5. The Morgan fingerprint density at radius 3 is 2.89 bits per heavy atom. The first-order valence-corrected chi connectivity index (χ1v) is 6.60. The maximum absolute atomic E-state index is 11.6. The Bertz CT molecular complexity index is 600. The number of hydrogen-bond donors (Lipinski definition) is 0. The van der Waals surface area contributed by atoms with Gasteiger partial charge in [-0.05, 0) is 24.8 Å². The molecular formula is C15H18N2O. The van der Waals surface area contributed by atoms with Crippen molar-refractivity contribution in [1.82, 2.24) is 9.78 Å². The molecule has 0 amide bonds. The summed E-state index contributed by atoms with van der Waals surface area (Å²) in [5.41, 5.74) is 2.31. The zero-order valence-electron chi connectivity index (χ0n) is 10.9. The smallest absolute Gasteiger partial charge is 0.136 e. The predicted molar refractivity (Wildman–Crippen MR) is 71.3 cm³/mol. The molecule has 1 fully saturated rings. The molecule has 3 nitrogen and oxygen atoms in total. The van der Waals surface area contributed by atoms with Crippen molar-refractivity contribution in [2.45, 2.75) is 26.2 Å². The molecule has 2 aromatic rings. The number of Topliss-reactive ketones (excluding diaryl/α,β-unsaturated/α-hetero) is 1. The average Bonchev–Trinajstić information content (AvgIpc) is 2.86. The first-order chi connectivity index (χ1) is 8.66. The molecule has 1 aliphatic carbocycles. The molecule has 0 bridgehead atoms. The molecule has 1 aromatic heterocycles. The van der Waals surface area contributed by atoms with Gasteiger partial charge in [-0.15, -0.1) is 0 Å². The van der Waals surface area contributed by atoms with E-state index in [1.807, 2.05) is 17.8 Å². The van der Waals surface area contributed by atoms with Gasteiger partial charge < -0.3 is 0 Å². The van der Waals surface area contributed by atoms with Crippen molar-refractivity contribution in [3.8, 4) is 0 Å². The number of rotatable bonds is 2. The highest BCUT2D eigenvalue weighted by molar-refractivity contribution is 5.84. The normalized spacial score (nSPS) is 24.0. The van der Waals surface area contributed by atoms with Crippen molar-refractivity contribution in [1.29, 1.82) is 0 Å². The summed E-state index contributed by atoms with van der Waals surface area (Å²) in [6, 6.07) is 8.31. The number of para-hydroxylation sites is 1. The van der Waals surface area contributed by atoms with Crippen molar-refractivity contribution in [2.24, 2.45) is 18.9 Å². The Morgan fingerprint density at radius 2 is 2.17 bits per heavy atom. The summed E-state index contributed by atoms with van der Waals surface area (Å²) in [4.78, 5) is 11.6. The number of hydrogen-bond acceptors (Lipinski definition) is 2. The lowest BCUT2D eigenvalue weighted by molar-refractivity contribution is -0.120. The van der Waals surface area contributed by atoms with E-state index in [2.05, 4.69) is 30.2 Å². The van der Waals surface area contributed by atoms with Gasteiger partial charge >= 0.3 is 0 Å². The fourth-order valence-electron chi connectivity index (χ4n) is 3.03. The second kappa shape index (κ2) is 4.23. The summed E-state index contributed by atoms with van der Waals surface area (Å²) in [5.74, 6) is 1.09. The van der Waals surface area contributed by atoms with Gasteiger partial charge in [0.05, 0.1) is 11.2 Å². The number of fused-ring (bicyclic) bond motifs is 1. The highest BCUT2D eigenvalue weighted by atomic mass is 16.1. The highest BCUT2D eigenvalue weighted by Crippen LogP contribution is 2.32. The molecule has 1 heterocycles. The Kier molecular flexibility index (Phi) is 2.69. The van der Waals surface area contributed by atoms with Gasteiger partial charge in [0.2, 0.25) is 0 Å². The van der Waals surface area contributed by atoms with E-state index in [-0.39, 0.29) is 5.92 Å². The van der Waals surface area contributed by atoms with Gasteiger partial charge in [0, 0.05) is 24.8 Å². The number of carbonyl (C=O) groups excluding carboxylic acids is 1. The summed E-state index contributed by atoms with van der Waals surface area (Å²) in [6.07, 6.45) is 2.69. The molecule has 1 saturated carbocycles. The second-order valence-electron chi connectivity index (χ2n) is 5.35. The lowest BCUT2D eigenvalue weighted by Crippen LogP contribution is -2.13. The van der Waals surface area contributed by atoms with Gasteiger partial charge in [0.1, 0.15) is 5.78 Å². The molecule has 2 unspecified atom stereocenters. The highest BCUT2D eigenvalue weighted by Gasteiger charge is 2.31. The van der Waals surface area contributed by atoms with Crippen molar-refractivity contribution in [2.75, 3.05) is 0 Å². The van der Waals surface area contributed by atoms with Gasteiger partial charge in [0.25, 0.3) is 0 Å². The first-order valence-electron chi connectivity index (χ1n) is 6.60. The summed E-state index contributed by atoms with van der Waals surface area (Å²) >= 11 is 0. The molecule has 18 heavy (non-hydrogen) atoms. The van der Waals surface area contributed by atoms with Crippen LogP contribution < -0.4 is 0 Å². The van der Waals surface area contributed by atoms with E-state index in [0.717, 1.165) is 25.0 Å². The van der Waals surface area contributed by atoms with Crippen molar-refractivity contribution >= 4 is 16.7 Å². The third-order valence-corrected chi connectivity index (χ3v) is 4.27. The summed E-state index contributed by atoms with van der Waals surface area (Å²) < 4.78 is 1.94. The summed E-state index contributed by atoms with van der Waals surface area (Å²) in [7, 11) is 1.98. The summed E-state index contributed by atoms with van der Waals surface area (Å²) in [5, 5.41) is 5.85. The number of aromatic nitrogens is 2. The van der Waals surface area contributed by atoms with Crippen molar-refractivity contribution < 1.29 is 4.79 Å². The molecule has 0 radical (unpaired) electrons. The number of carbonyl (C=O) groups is 1. The number of aryl methyl sites for hydroxylation is 1. The summed E-state index contributed by atoms with van der Waals surface area (Å²) in [6.45, 7) is 2.06. The van der Waals surface area contributed by atoms with Crippen LogP contribution in [-0.4, -0.2) is 15.6 Å². The molecule has 0 N–H and O–H groups in total. The molecular weight excluding hydrogens is 224 g/mol. The number of ketones is 1. The van der Waals surface area contributed by atoms with E-state index in [9.17, 15) is 4.79 Å². The minimum Gasteiger partial charge on any atom is -0.299 e. The molecule has 2 atom stereocenters. The molecule has 0 saturated heterocycles. The third kappa shape index (κ3) is 1.74. The van der Waals surface area contributed by atoms with E-state index >= 15 is 0 Å². The van der Waals surface area contributed by atoms with E-state index in [4.69, 9.17) is 0 Å². The maximum atomic E-state index is 11.6. The van der Waals surface area contributed by atoms with Gasteiger partial charge in [-0.25, -0.2) is 0 Å². The molecule has 3 heteroatoms. The van der Waals surface area contributed by atoms with Crippen molar-refractivity contribution in [3.63, 3.8) is 0 Å². The Hall–Kier alpha value is -1.64. The minimum atomic E-state index is 0.200. The van der Waals surface area contributed by atoms with Crippen LogP contribution in [0.25, 0.3) is 10.9 Å². The third-order valence-electron chi connectivity index (χ3n) is 4.27. The van der Waals surface area contributed by atoms with Crippen LogP contribution in [0, 0.1) is 11.8 Å². The van der Waals surface area contributed by atoms with Crippen LogP contribution in [0.5, 0.6) is 0 Å². The maximum Gasteiger partial charge on any atom is 0.136 e. The molecule has 3 rings (SSSR count). The SMILES string of the molecule is CC1C(=O)CCC1Cc1nn(C)c2ccccc12. The minimum absolute atomic E-state index is 0.200. The van der Waals surface area contributed by atoms with E-state index in [1.165, 1.54) is 10.9 Å². The van der Waals surface area contributed by atoms with E-state index in [1.54, 1.807) is 0 Å². The molecule has 0 aliphatic heterocycles. The van der Waals surface area contributed by atoms with E-state index in [0.29, 0.717) is 11.7 Å². The van der Waals surface area contributed by atoms with Gasteiger partial charge in [-0.3, -0.25) is 9.48 Å². The Morgan fingerprint density at radius 1 is 1.39 bits per heavy atom. The van der Waals surface area contributed by atoms with Gasteiger partial charge in [-0.2, -0.15) is 5.10 Å². The van der Waals surface area contributed by atoms with Crippen LogP contribution in [0.4, 0.5) is 0 Å². The Labute approximate surface area is 107 Å². The fourth-order valence-corrected chi connectivity index (χ4v) is 3.03. The van der Waals surface area contributed by atoms with Gasteiger partial charge in [-0.1, -0.05) is 25.1 Å². The van der Waals surface area contributed by atoms with Crippen LogP contribution in [0.3, 0.4) is 0 Å². The topological polar surface area (TPSA) is 34.9 Å².